The number of benzene rings is 3. The molecule has 0 aliphatic rings. The summed E-state index contributed by atoms with van der Waals surface area (Å²) in [6, 6.07) is 17.7. The van der Waals surface area contributed by atoms with E-state index in [1.54, 1.807) is 43.3 Å². The van der Waals surface area contributed by atoms with Crippen LogP contribution in [0.3, 0.4) is 0 Å². The molecule has 0 saturated heterocycles. The molecule has 0 spiro atoms. The van der Waals surface area contributed by atoms with Gasteiger partial charge >= 0.3 is 0 Å². The minimum Gasteiger partial charge on any atom is -0.473 e. The lowest BCUT2D eigenvalue weighted by Crippen LogP contribution is -2.32. The lowest BCUT2D eigenvalue weighted by molar-refractivity contribution is -0.122. The number of anilines is 1. The van der Waals surface area contributed by atoms with Gasteiger partial charge in [0.15, 0.2) is 11.9 Å². The van der Waals surface area contributed by atoms with E-state index in [9.17, 15) is 9.59 Å². The van der Waals surface area contributed by atoms with E-state index in [4.69, 9.17) is 32.4 Å². The molecule has 1 amide bonds. The average molecular weight is 510 g/mol. The largest absolute Gasteiger partial charge is 0.473 e. The zero-order valence-corrected chi connectivity index (χ0v) is 21.2. The molecule has 180 valence electrons. The summed E-state index contributed by atoms with van der Waals surface area (Å²) in [5.41, 5.74) is 3.22. The minimum atomic E-state index is -0.995. The van der Waals surface area contributed by atoms with Crippen LogP contribution in [0.2, 0.25) is 10.0 Å². The standard InChI is InChI=1S/C28H25Cl2NO4/c1-4-17-9-8-10-18(5-2)24(17)31-28(33)16(3)34-27-25(32)21-15-19(29)13-14-23(21)35-26(27)20-11-6-7-12-22(20)30/h6-16H,4-5H2,1-3H3,(H,31,33)/t16-/m0/s1. The van der Waals surface area contributed by atoms with E-state index in [0.29, 0.717) is 21.2 Å². The maximum Gasteiger partial charge on any atom is 0.265 e. The first kappa shape index (κ1) is 24.8. The number of halogens is 2. The summed E-state index contributed by atoms with van der Waals surface area (Å²) in [6.07, 6.45) is 0.541. The molecule has 1 N–H and O–H groups in total. The molecule has 1 aromatic heterocycles. The fourth-order valence-corrected chi connectivity index (χ4v) is 4.33. The zero-order valence-electron chi connectivity index (χ0n) is 19.7. The lowest BCUT2D eigenvalue weighted by atomic mass is 10.0. The van der Waals surface area contributed by atoms with Gasteiger partial charge in [0.25, 0.3) is 5.91 Å². The van der Waals surface area contributed by atoms with Crippen LogP contribution in [0.25, 0.3) is 22.3 Å². The van der Waals surface area contributed by atoms with Gasteiger partial charge in [-0.25, -0.2) is 0 Å². The number of carbonyl (C=O) groups is 1. The van der Waals surface area contributed by atoms with Crippen LogP contribution in [-0.4, -0.2) is 12.0 Å². The third-order valence-corrected chi connectivity index (χ3v) is 6.40. The van der Waals surface area contributed by atoms with Gasteiger partial charge < -0.3 is 14.5 Å². The van der Waals surface area contributed by atoms with Gasteiger partial charge in [0.05, 0.1) is 10.4 Å². The predicted octanol–water partition coefficient (Wildman–Crippen LogP) is 7.30. The van der Waals surface area contributed by atoms with Crippen molar-refractivity contribution in [2.45, 2.75) is 39.7 Å². The van der Waals surface area contributed by atoms with Crippen molar-refractivity contribution >= 4 is 45.8 Å². The number of hydrogen-bond acceptors (Lipinski definition) is 4. The zero-order chi connectivity index (χ0) is 25.1. The molecule has 5 nitrogen and oxygen atoms in total. The normalized spacial score (nSPS) is 11.9. The van der Waals surface area contributed by atoms with Crippen molar-refractivity contribution in [1.29, 1.82) is 0 Å². The number of rotatable bonds is 7. The first-order valence-electron chi connectivity index (χ1n) is 11.4. The SMILES string of the molecule is CCc1cccc(CC)c1NC(=O)[C@H](C)Oc1c(-c2ccccc2Cl)oc2ccc(Cl)cc2c1=O. The quantitative estimate of drug-likeness (QED) is 0.283. The molecule has 1 heterocycles. The van der Waals surface area contributed by atoms with Gasteiger partial charge in [-0.05, 0) is 61.2 Å². The second-order valence-electron chi connectivity index (χ2n) is 8.12. The van der Waals surface area contributed by atoms with Crippen LogP contribution >= 0.6 is 23.2 Å². The Morgan fingerprint density at radius 2 is 1.69 bits per heavy atom. The van der Waals surface area contributed by atoms with Crippen LogP contribution in [0.5, 0.6) is 5.75 Å². The second kappa shape index (κ2) is 10.5. The van der Waals surface area contributed by atoms with Crippen LogP contribution in [0.4, 0.5) is 5.69 Å². The maximum absolute atomic E-state index is 13.5. The highest BCUT2D eigenvalue weighted by molar-refractivity contribution is 6.33. The number of carbonyl (C=O) groups excluding carboxylic acids is 1. The Bertz CT molecular complexity index is 1440. The Kier molecular flexibility index (Phi) is 7.48. The van der Waals surface area contributed by atoms with Crippen molar-refractivity contribution < 1.29 is 13.9 Å². The van der Waals surface area contributed by atoms with E-state index in [1.807, 2.05) is 32.0 Å². The molecule has 35 heavy (non-hydrogen) atoms. The van der Waals surface area contributed by atoms with Gasteiger partial charge in [-0.2, -0.15) is 0 Å². The molecule has 4 rings (SSSR count). The van der Waals surface area contributed by atoms with Crippen molar-refractivity contribution in [1.82, 2.24) is 0 Å². The molecule has 0 fully saturated rings. The molecule has 7 heteroatoms. The first-order valence-corrected chi connectivity index (χ1v) is 12.2. The van der Waals surface area contributed by atoms with Gasteiger partial charge in [0, 0.05) is 16.3 Å². The molecule has 0 radical (unpaired) electrons. The number of aryl methyl sites for hydroxylation is 2. The number of fused-ring (bicyclic) bond motifs is 1. The average Bonchev–Trinajstić information content (AvgIpc) is 2.86. The van der Waals surface area contributed by atoms with Crippen molar-refractivity contribution in [3.63, 3.8) is 0 Å². The number of para-hydroxylation sites is 1. The molecule has 3 aromatic carbocycles. The van der Waals surface area contributed by atoms with Crippen molar-refractivity contribution in [2.75, 3.05) is 5.32 Å². The molecule has 4 aromatic rings. The van der Waals surface area contributed by atoms with Crippen molar-refractivity contribution in [3.8, 4) is 17.1 Å². The van der Waals surface area contributed by atoms with Crippen molar-refractivity contribution in [2.24, 2.45) is 0 Å². The third-order valence-electron chi connectivity index (χ3n) is 5.84. The minimum absolute atomic E-state index is 0.102. The van der Waals surface area contributed by atoms with Gasteiger partial charge in [-0.1, -0.05) is 67.4 Å². The molecule has 0 saturated carbocycles. The van der Waals surface area contributed by atoms with E-state index >= 15 is 0 Å². The Balaban J connectivity index is 1.76. The molecule has 1 atom stereocenters. The molecule has 0 aliphatic carbocycles. The fraction of sp³-hybridized carbons (Fsp3) is 0.214. The lowest BCUT2D eigenvalue weighted by Gasteiger charge is -2.19. The van der Waals surface area contributed by atoms with Gasteiger partial charge in [0.2, 0.25) is 11.2 Å². The second-order valence-corrected chi connectivity index (χ2v) is 8.96. The molecule has 0 aliphatic heterocycles. The number of nitrogens with one attached hydrogen (secondary N) is 1. The van der Waals surface area contributed by atoms with Crippen LogP contribution in [0, 0.1) is 0 Å². The summed E-state index contributed by atoms with van der Waals surface area (Å²) in [4.78, 5) is 26.7. The Morgan fingerprint density at radius 1 is 1.00 bits per heavy atom. The summed E-state index contributed by atoms with van der Waals surface area (Å²) in [7, 11) is 0. The van der Waals surface area contributed by atoms with Crippen molar-refractivity contribution in [3.05, 3.63) is 92.1 Å². The monoisotopic (exact) mass is 509 g/mol. The number of ether oxygens (including phenoxy) is 1. The fourth-order valence-electron chi connectivity index (χ4n) is 3.94. The summed E-state index contributed by atoms with van der Waals surface area (Å²) >= 11 is 12.5. The van der Waals surface area contributed by atoms with Crippen LogP contribution in [0.15, 0.2) is 69.9 Å². The van der Waals surface area contributed by atoms with E-state index in [2.05, 4.69) is 5.32 Å². The summed E-state index contributed by atoms with van der Waals surface area (Å²) < 4.78 is 12.1. The van der Waals surface area contributed by atoms with E-state index < -0.39 is 11.5 Å². The predicted molar refractivity (Wildman–Crippen MR) is 142 cm³/mol. The highest BCUT2D eigenvalue weighted by Gasteiger charge is 2.25. The molecular weight excluding hydrogens is 485 g/mol. The molecule has 0 unspecified atom stereocenters. The van der Waals surface area contributed by atoms with E-state index in [-0.39, 0.29) is 22.8 Å². The number of amides is 1. The Morgan fingerprint density at radius 3 is 2.34 bits per heavy atom. The third kappa shape index (κ3) is 5.07. The van der Waals surface area contributed by atoms with E-state index in [0.717, 1.165) is 29.7 Å². The summed E-state index contributed by atoms with van der Waals surface area (Å²) in [5.74, 6) is -0.329. The topological polar surface area (TPSA) is 68.5 Å². The van der Waals surface area contributed by atoms with Gasteiger partial charge in [-0.3, -0.25) is 9.59 Å². The molecule has 0 bridgehead atoms. The van der Waals surface area contributed by atoms with E-state index in [1.165, 1.54) is 6.07 Å². The van der Waals surface area contributed by atoms with Gasteiger partial charge in [-0.15, -0.1) is 0 Å². The smallest absolute Gasteiger partial charge is 0.265 e. The summed E-state index contributed by atoms with van der Waals surface area (Å²) in [5, 5.41) is 4.01. The Hall–Kier alpha value is -3.28. The maximum atomic E-state index is 13.5. The highest BCUT2D eigenvalue weighted by Crippen LogP contribution is 2.36. The van der Waals surface area contributed by atoms with Crippen LogP contribution in [-0.2, 0) is 17.6 Å². The first-order chi connectivity index (χ1) is 16.8. The Labute approximate surface area is 213 Å². The molecular formula is C28H25Cl2NO4. The highest BCUT2D eigenvalue weighted by atomic mass is 35.5. The number of hydrogen-bond donors (Lipinski definition) is 1. The van der Waals surface area contributed by atoms with Gasteiger partial charge in [0.1, 0.15) is 5.58 Å². The van der Waals surface area contributed by atoms with Crippen LogP contribution < -0.4 is 15.5 Å². The summed E-state index contributed by atoms with van der Waals surface area (Å²) in [6.45, 7) is 5.66. The van der Waals surface area contributed by atoms with Crippen LogP contribution in [0.1, 0.15) is 31.9 Å².